The van der Waals surface area contributed by atoms with Crippen LogP contribution in [0.3, 0.4) is 0 Å². The van der Waals surface area contributed by atoms with Crippen molar-refractivity contribution >= 4 is 0 Å². The van der Waals surface area contributed by atoms with E-state index in [1.807, 2.05) is 32.0 Å². The summed E-state index contributed by atoms with van der Waals surface area (Å²) in [7, 11) is 0. The number of halogens is 1. The van der Waals surface area contributed by atoms with Crippen molar-refractivity contribution in [3.63, 3.8) is 0 Å². The lowest BCUT2D eigenvalue weighted by atomic mass is 10.1. The molecule has 2 aromatic carbocycles. The van der Waals surface area contributed by atoms with Crippen LogP contribution in [0, 0.1) is 19.7 Å². The van der Waals surface area contributed by atoms with Gasteiger partial charge in [-0.1, -0.05) is 35.0 Å². The van der Waals surface area contributed by atoms with E-state index in [9.17, 15) is 4.39 Å². The minimum Gasteiger partial charge on any atom is -0.325 e. The number of nitrogens with zero attached hydrogens (tertiary/aromatic N) is 3. The molecule has 0 unspecified atom stereocenters. The molecule has 1 heterocycles. The van der Waals surface area contributed by atoms with Gasteiger partial charge in [-0.3, -0.25) is 0 Å². The lowest BCUT2D eigenvalue weighted by Gasteiger charge is -2.11. The van der Waals surface area contributed by atoms with Crippen LogP contribution in [0.4, 0.5) is 4.39 Å². The molecule has 0 bridgehead atoms. The summed E-state index contributed by atoms with van der Waals surface area (Å²) >= 11 is 0. The van der Waals surface area contributed by atoms with E-state index < -0.39 is 0 Å². The molecule has 112 valence electrons. The number of nitrogens with two attached hydrogens (primary N) is 1. The minimum absolute atomic E-state index is 0.247. The lowest BCUT2D eigenvalue weighted by Crippen LogP contribution is -2.04. The van der Waals surface area contributed by atoms with Crippen LogP contribution in [0.25, 0.3) is 16.9 Å². The first kappa shape index (κ1) is 14.4. The molecule has 2 N–H and O–H groups in total. The number of hydrogen-bond acceptors (Lipinski definition) is 3. The van der Waals surface area contributed by atoms with Crippen LogP contribution in [0.5, 0.6) is 0 Å². The Kier molecular flexibility index (Phi) is 3.73. The summed E-state index contributed by atoms with van der Waals surface area (Å²) < 4.78 is 15.3. The van der Waals surface area contributed by atoms with Crippen molar-refractivity contribution in [1.82, 2.24) is 15.0 Å². The summed E-state index contributed by atoms with van der Waals surface area (Å²) in [5.41, 5.74) is 11.0. The summed E-state index contributed by atoms with van der Waals surface area (Å²) in [5.74, 6) is -0.297. The molecule has 0 saturated heterocycles. The summed E-state index contributed by atoms with van der Waals surface area (Å²) in [4.78, 5) is 0. The average Bonchev–Trinajstić information content (AvgIpc) is 2.91. The highest BCUT2D eigenvalue weighted by atomic mass is 19.1. The highest BCUT2D eigenvalue weighted by molar-refractivity contribution is 5.65. The van der Waals surface area contributed by atoms with E-state index in [-0.39, 0.29) is 12.4 Å². The molecule has 1 aromatic heterocycles. The molecule has 0 aliphatic heterocycles. The van der Waals surface area contributed by atoms with Crippen LogP contribution in [-0.4, -0.2) is 15.0 Å². The number of rotatable bonds is 3. The van der Waals surface area contributed by atoms with Gasteiger partial charge in [-0.15, -0.1) is 5.10 Å². The van der Waals surface area contributed by atoms with Crippen molar-refractivity contribution in [2.75, 3.05) is 0 Å². The Bertz CT molecular complexity index is 823. The van der Waals surface area contributed by atoms with Crippen molar-refractivity contribution in [2.24, 2.45) is 5.73 Å². The normalized spacial score (nSPS) is 10.9. The summed E-state index contributed by atoms with van der Waals surface area (Å²) in [5, 5.41) is 8.36. The smallest absolute Gasteiger partial charge is 0.123 e. The van der Waals surface area contributed by atoms with Gasteiger partial charge in [0, 0.05) is 12.1 Å². The van der Waals surface area contributed by atoms with Crippen molar-refractivity contribution in [3.8, 4) is 16.9 Å². The second-order valence-corrected chi connectivity index (χ2v) is 5.30. The topological polar surface area (TPSA) is 56.7 Å². The number of hydrogen-bond donors (Lipinski definition) is 1. The molecule has 0 aliphatic carbocycles. The lowest BCUT2D eigenvalue weighted by molar-refractivity contribution is 0.628. The van der Waals surface area contributed by atoms with Crippen LogP contribution in [-0.2, 0) is 6.54 Å². The Morgan fingerprint density at radius 1 is 1.14 bits per heavy atom. The van der Waals surface area contributed by atoms with Gasteiger partial charge >= 0.3 is 0 Å². The van der Waals surface area contributed by atoms with Crippen LogP contribution in [0.15, 0.2) is 42.5 Å². The molecule has 0 saturated carbocycles. The summed E-state index contributed by atoms with van der Waals surface area (Å²) in [6, 6.07) is 12.5. The highest BCUT2D eigenvalue weighted by Gasteiger charge is 2.17. The Hall–Kier alpha value is -2.53. The molecule has 0 fully saturated rings. The number of aromatic nitrogens is 3. The fourth-order valence-corrected chi connectivity index (χ4v) is 2.59. The van der Waals surface area contributed by atoms with Gasteiger partial charge in [0.1, 0.15) is 11.5 Å². The van der Waals surface area contributed by atoms with E-state index >= 15 is 0 Å². The average molecular weight is 296 g/mol. The van der Waals surface area contributed by atoms with Gasteiger partial charge < -0.3 is 5.73 Å². The third-order valence-corrected chi connectivity index (χ3v) is 3.61. The first-order chi connectivity index (χ1) is 10.6. The molecule has 5 heteroatoms. The fourth-order valence-electron chi connectivity index (χ4n) is 2.59. The third kappa shape index (κ3) is 2.51. The zero-order valence-corrected chi connectivity index (χ0v) is 12.5. The molecule has 0 aliphatic rings. The standard InChI is InChI=1S/C17H17FN4/c1-11-6-7-16(12(2)8-11)22-17(15(10-19)20-21-22)13-4-3-5-14(18)9-13/h3-9H,10,19H2,1-2H3. The molecule has 0 atom stereocenters. The fraction of sp³-hybridized carbons (Fsp3) is 0.176. The molecule has 0 amide bonds. The van der Waals surface area contributed by atoms with Gasteiger partial charge in [0.25, 0.3) is 0 Å². The molecule has 3 rings (SSSR count). The van der Waals surface area contributed by atoms with Crippen molar-refractivity contribution < 1.29 is 4.39 Å². The van der Waals surface area contributed by atoms with Gasteiger partial charge in [0.15, 0.2) is 0 Å². The van der Waals surface area contributed by atoms with Crippen molar-refractivity contribution in [3.05, 3.63) is 65.1 Å². The van der Waals surface area contributed by atoms with E-state index in [0.29, 0.717) is 11.3 Å². The molecular weight excluding hydrogens is 279 g/mol. The van der Waals surface area contributed by atoms with Crippen LogP contribution >= 0.6 is 0 Å². The van der Waals surface area contributed by atoms with E-state index in [1.54, 1.807) is 10.7 Å². The summed E-state index contributed by atoms with van der Waals surface area (Å²) in [6.45, 7) is 4.30. The van der Waals surface area contributed by atoms with Gasteiger partial charge in [0.05, 0.1) is 11.4 Å². The maximum atomic E-state index is 13.6. The van der Waals surface area contributed by atoms with Crippen LogP contribution < -0.4 is 5.73 Å². The summed E-state index contributed by atoms with van der Waals surface area (Å²) in [6.07, 6.45) is 0. The number of benzene rings is 2. The van der Waals surface area contributed by atoms with Gasteiger partial charge in [-0.25, -0.2) is 9.07 Å². The maximum Gasteiger partial charge on any atom is 0.123 e. The first-order valence-corrected chi connectivity index (χ1v) is 7.08. The zero-order valence-electron chi connectivity index (χ0n) is 12.5. The Morgan fingerprint density at radius 2 is 1.95 bits per heavy atom. The quantitative estimate of drug-likeness (QED) is 0.807. The predicted molar refractivity (Wildman–Crippen MR) is 84.1 cm³/mol. The van der Waals surface area contributed by atoms with E-state index in [2.05, 4.69) is 16.4 Å². The molecule has 0 radical (unpaired) electrons. The molecule has 22 heavy (non-hydrogen) atoms. The van der Waals surface area contributed by atoms with Gasteiger partial charge in [0.2, 0.25) is 0 Å². The monoisotopic (exact) mass is 296 g/mol. The molecular formula is C17H17FN4. The Balaban J connectivity index is 2.23. The Morgan fingerprint density at radius 3 is 2.64 bits per heavy atom. The maximum absolute atomic E-state index is 13.6. The third-order valence-electron chi connectivity index (χ3n) is 3.61. The van der Waals surface area contributed by atoms with Crippen molar-refractivity contribution in [2.45, 2.75) is 20.4 Å². The molecule has 0 spiro atoms. The largest absolute Gasteiger partial charge is 0.325 e. The second kappa shape index (κ2) is 5.69. The van der Waals surface area contributed by atoms with E-state index in [0.717, 1.165) is 16.9 Å². The Labute approximate surface area is 128 Å². The SMILES string of the molecule is Cc1ccc(-n2nnc(CN)c2-c2cccc(F)c2)c(C)c1. The van der Waals surface area contributed by atoms with Gasteiger partial charge in [-0.05, 0) is 37.6 Å². The number of aryl methyl sites for hydroxylation is 2. The predicted octanol–water partition coefficient (Wildman–Crippen LogP) is 3.15. The zero-order chi connectivity index (χ0) is 15.7. The highest BCUT2D eigenvalue weighted by Crippen LogP contribution is 2.27. The van der Waals surface area contributed by atoms with Crippen LogP contribution in [0.1, 0.15) is 16.8 Å². The van der Waals surface area contributed by atoms with Crippen molar-refractivity contribution in [1.29, 1.82) is 0 Å². The van der Waals surface area contributed by atoms with E-state index in [1.165, 1.54) is 17.7 Å². The minimum atomic E-state index is -0.297. The first-order valence-electron chi connectivity index (χ1n) is 7.08. The second-order valence-electron chi connectivity index (χ2n) is 5.30. The molecule has 3 aromatic rings. The van der Waals surface area contributed by atoms with Gasteiger partial charge in [-0.2, -0.15) is 0 Å². The molecule has 4 nitrogen and oxygen atoms in total. The van der Waals surface area contributed by atoms with Crippen LogP contribution in [0.2, 0.25) is 0 Å². The van der Waals surface area contributed by atoms with E-state index in [4.69, 9.17) is 5.73 Å².